The van der Waals surface area contributed by atoms with Gasteiger partial charge in [0.25, 0.3) is 0 Å². The second-order valence-electron chi connectivity index (χ2n) is 2.73. The van der Waals surface area contributed by atoms with Gasteiger partial charge in [0.1, 0.15) is 0 Å². The number of aliphatic hydroxyl groups is 1. The van der Waals surface area contributed by atoms with E-state index in [0.717, 1.165) is 5.56 Å². The SMILES string of the molecule is [N-]=[N+]=N[C@@H](CO)Cc1ccccc1. The van der Waals surface area contributed by atoms with Crippen LogP contribution < -0.4 is 0 Å². The average molecular weight is 177 g/mol. The van der Waals surface area contributed by atoms with E-state index in [-0.39, 0.29) is 12.6 Å². The van der Waals surface area contributed by atoms with Crippen LogP contribution in [0.5, 0.6) is 0 Å². The lowest BCUT2D eigenvalue weighted by atomic mass is 10.1. The highest BCUT2D eigenvalue weighted by molar-refractivity contribution is 5.15. The van der Waals surface area contributed by atoms with Crippen molar-refractivity contribution in [3.8, 4) is 0 Å². The molecule has 0 saturated heterocycles. The van der Waals surface area contributed by atoms with Crippen molar-refractivity contribution in [2.24, 2.45) is 5.11 Å². The summed E-state index contributed by atoms with van der Waals surface area (Å²) in [5, 5.41) is 12.3. The molecule has 0 aliphatic rings. The van der Waals surface area contributed by atoms with Gasteiger partial charge >= 0.3 is 0 Å². The number of azide groups is 1. The van der Waals surface area contributed by atoms with Crippen molar-refractivity contribution >= 4 is 0 Å². The van der Waals surface area contributed by atoms with E-state index in [1.807, 2.05) is 30.3 Å². The summed E-state index contributed by atoms with van der Waals surface area (Å²) in [5.41, 5.74) is 9.26. The number of nitrogens with zero attached hydrogens (tertiary/aromatic N) is 3. The molecule has 68 valence electrons. The van der Waals surface area contributed by atoms with E-state index in [1.54, 1.807) is 0 Å². The molecule has 1 aromatic rings. The van der Waals surface area contributed by atoms with Crippen LogP contribution >= 0.6 is 0 Å². The third kappa shape index (κ3) is 3.15. The van der Waals surface area contributed by atoms with E-state index in [1.165, 1.54) is 0 Å². The molecule has 0 radical (unpaired) electrons. The Hall–Kier alpha value is -1.51. The molecule has 1 aromatic carbocycles. The van der Waals surface area contributed by atoms with Crippen molar-refractivity contribution in [1.82, 2.24) is 0 Å². The zero-order chi connectivity index (χ0) is 9.52. The van der Waals surface area contributed by atoms with E-state index >= 15 is 0 Å². The second-order valence-corrected chi connectivity index (χ2v) is 2.73. The zero-order valence-corrected chi connectivity index (χ0v) is 7.17. The first-order valence-corrected chi connectivity index (χ1v) is 4.06. The van der Waals surface area contributed by atoms with Gasteiger partial charge in [-0.05, 0) is 17.5 Å². The Labute approximate surface area is 76.5 Å². The van der Waals surface area contributed by atoms with Gasteiger partial charge < -0.3 is 5.11 Å². The van der Waals surface area contributed by atoms with Gasteiger partial charge in [-0.3, -0.25) is 0 Å². The fourth-order valence-electron chi connectivity index (χ4n) is 1.10. The van der Waals surface area contributed by atoms with E-state index in [2.05, 4.69) is 10.0 Å². The normalized spacial score (nSPS) is 11.8. The maximum atomic E-state index is 8.85. The number of hydrogen-bond acceptors (Lipinski definition) is 2. The largest absolute Gasteiger partial charge is 0.396 e. The lowest BCUT2D eigenvalue weighted by Crippen LogP contribution is -2.12. The van der Waals surface area contributed by atoms with Crippen molar-refractivity contribution in [2.75, 3.05) is 6.61 Å². The summed E-state index contributed by atoms with van der Waals surface area (Å²) in [6, 6.07) is 9.28. The molecular formula is C9H11N3O. The molecule has 0 unspecified atom stereocenters. The summed E-state index contributed by atoms with van der Waals surface area (Å²) in [5.74, 6) is 0. The van der Waals surface area contributed by atoms with Crippen LogP contribution in [0, 0.1) is 0 Å². The molecule has 0 aromatic heterocycles. The Bertz CT molecular complexity index is 293. The summed E-state index contributed by atoms with van der Waals surface area (Å²) in [6.07, 6.45) is 0.585. The Kier molecular flexibility index (Phi) is 3.82. The molecule has 0 amide bonds. The Balaban J connectivity index is 2.61. The van der Waals surface area contributed by atoms with Crippen molar-refractivity contribution in [2.45, 2.75) is 12.5 Å². The fraction of sp³-hybridized carbons (Fsp3) is 0.333. The van der Waals surface area contributed by atoms with Crippen LogP contribution in [0.2, 0.25) is 0 Å². The highest BCUT2D eigenvalue weighted by Crippen LogP contribution is 2.05. The fourth-order valence-corrected chi connectivity index (χ4v) is 1.10. The summed E-state index contributed by atoms with van der Waals surface area (Å²) in [6.45, 7) is -0.112. The van der Waals surface area contributed by atoms with Crippen molar-refractivity contribution in [3.05, 3.63) is 46.3 Å². The predicted octanol–water partition coefficient (Wildman–Crippen LogP) is 1.90. The summed E-state index contributed by atoms with van der Waals surface area (Å²) in [7, 11) is 0. The Morgan fingerprint density at radius 3 is 2.62 bits per heavy atom. The van der Waals surface area contributed by atoms with Crippen LogP contribution in [0.25, 0.3) is 10.4 Å². The molecule has 1 rings (SSSR count). The quantitative estimate of drug-likeness (QED) is 0.426. The van der Waals surface area contributed by atoms with Crippen LogP contribution in [-0.2, 0) is 6.42 Å². The van der Waals surface area contributed by atoms with Gasteiger partial charge in [-0.2, -0.15) is 0 Å². The van der Waals surface area contributed by atoms with Gasteiger partial charge in [0, 0.05) is 4.91 Å². The van der Waals surface area contributed by atoms with Gasteiger partial charge in [-0.25, -0.2) is 0 Å². The third-order valence-electron chi connectivity index (χ3n) is 1.74. The highest BCUT2D eigenvalue weighted by Gasteiger charge is 2.04. The van der Waals surface area contributed by atoms with Gasteiger partial charge in [0.05, 0.1) is 12.6 Å². The average Bonchev–Trinajstić information content (AvgIpc) is 2.19. The van der Waals surface area contributed by atoms with Gasteiger partial charge in [0.15, 0.2) is 0 Å². The number of hydrogen-bond donors (Lipinski definition) is 1. The van der Waals surface area contributed by atoms with E-state index in [0.29, 0.717) is 6.42 Å². The first-order chi connectivity index (χ1) is 6.36. The molecule has 0 aliphatic carbocycles. The van der Waals surface area contributed by atoms with Crippen LogP contribution in [-0.4, -0.2) is 17.8 Å². The Morgan fingerprint density at radius 1 is 1.38 bits per heavy atom. The molecule has 4 heteroatoms. The number of aliphatic hydroxyl groups excluding tert-OH is 1. The van der Waals surface area contributed by atoms with E-state index in [4.69, 9.17) is 10.6 Å². The molecule has 1 N–H and O–H groups in total. The summed E-state index contributed by atoms with van der Waals surface area (Å²) in [4.78, 5) is 2.67. The predicted molar refractivity (Wildman–Crippen MR) is 50.2 cm³/mol. The van der Waals surface area contributed by atoms with Crippen LogP contribution in [0.1, 0.15) is 5.56 Å². The van der Waals surface area contributed by atoms with Crippen molar-refractivity contribution < 1.29 is 5.11 Å². The maximum absolute atomic E-state index is 8.85. The topological polar surface area (TPSA) is 69.0 Å². The van der Waals surface area contributed by atoms with Gasteiger partial charge in [-0.1, -0.05) is 35.4 Å². The maximum Gasteiger partial charge on any atom is 0.0645 e. The molecule has 0 saturated carbocycles. The first-order valence-electron chi connectivity index (χ1n) is 4.06. The van der Waals surface area contributed by atoms with E-state index in [9.17, 15) is 0 Å². The minimum Gasteiger partial charge on any atom is -0.396 e. The molecule has 0 spiro atoms. The van der Waals surface area contributed by atoms with Crippen molar-refractivity contribution in [1.29, 1.82) is 0 Å². The number of benzene rings is 1. The zero-order valence-electron chi connectivity index (χ0n) is 7.17. The van der Waals surface area contributed by atoms with E-state index < -0.39 is 0 Å². The molecule has 0 fully saturated rings. The smallest absolute Gasteiger partial charge is 0.0645 e. The molecule has 0 aliphatic heterocycles. The second kappa shape index (κ2) is 5.19. The Morgan fingerprint density at radius 2 is 2.08 bits per heavy atom. The molecular weight excluding hydrogens is 166 g/mol. The minimum absolute atomic E-state index is 0.112. The third-order valence-corrected chi connectivity index (χ3v) is 1.74. The van der Waals surface area contributed by atoms with Gasteiger partial charge in [0.2, 0.25) is 0 Å². The highest BCUT2D eigenvalue weighted by atomic mass is 16.3. The molecule has 0 heterocycles. The van der Waals surface area contributed by atoms with Crippen LogP contribution in [0.3, 0.4) is 0 Å². The number of rotatable bonds is 4. The minimum atomic E-state index is -0.354. The first kappa shape index (κ1) is 9.58. The monoisotopic (exact) mass is 177 g/mol. The standard InChI is InChI=1S/C9H11N3O/c10-12-11-9(7-13)6-8-4-2-1-3-5-8/h1-5,9,13H,6-7H2/t9-/m1/s1. The van der Waals surface area contributed by atoms with Gasteiger partial charge in [-0.15, -0.1) is 0 Å². The molecule has 0 bridgehead atoms. The lowest BCUT2D eigenvalue weighted by molar-refractivity contribution is 0.265. The summed E-state index contributed by atoms with van der Waals surface area (Å²) < 4.78 is 0. The lowest BCUT2D eigenvalue weighted by Gasteiger charge is -2.06. The molecule has 1 atom stereocenters. The van der Waals surface area contributed by atoms with Crippen LogP contribution in [0.4, 0.5) is 0 Å². The molecule has 4 nitrogen and oxygen atoms in total. The summed E-state index contributed by atoms with van der Waals surface area (Å²) >= 11 is 0. The van der Waals surface area contributed by atoms with Crippen molar-refractivity contribution in [3.63, 3.8) is 0 Å². The van der Waals surface area contributed by atoms with Crippen LogP contribution in [0.15, 0.2) is 35.4 Å². The molecule has 13 heavy (non-hydrogen) atoms.